The minimum absolute atomic E-state index is 0. The van der Waals surface area contributed by atoms with Crippen LogP contribution in [0.25, 0.3) is 11.4 Å². The summed E-state index contributed by atoms with van der Waals surface area (Å²) in [6.45, 7) is 15.8. The fraction of sp³-hybridized carbons (Fsp3) is 0.514. The van der Waals surface area contributed by atoms with Gasteiger partial charge in [0, 0.05) is 46.3 Å². The smallest absolute Gasteiger partial charge is 0.275 e. The lowest BCUT2D eigenvalue weighted by Crippen LogP contribution is -2.36. The van der Waals surface area contributed by atoms with Crippen molar-refractivity contribution in [2.24, 2.45) is 10.8 Å². The van der Waals surface area contributed by atoms with Crippen LogP contribution >= 0.6 is 0 Å². The van der Waals surface area contributed by atoms with Crippen LogP contribution in [0.2, 0.25) is 0 Å². The highest BCUT2D eigenvalue weighted by Gasteiger charge is 2.63. The molecule has 4 aliphatic carbocycles. The van der Waals surface area contributed by atoms with Crippen LogP contribution in [0.5, 0.6) is 0 Å². The van der Waals surface area contributed by atoms with E-state index < -0.39 is 23.3 Å². The lowest BCUT2D eigenvalue weighted by atomic mass is 9.70. The highest BCUT2D eigenvalue weighted by atomic mass is 19.1. The Labute approximate surface area is 272 Å². The average molecular weight is 653 g/mol. The van der Waals surface area contributed by atoms with Crippen LogP contribution in [0.3, 0.4) is 0 Å². The zero-order chi connectivity index (χ0) is 33.3. The molecular weight excluding hydrogens is 608 g/mol. The maximum absolute atomic E-state index is 14.3. The maximum atomic E-state index is 14.3. The van der Waals surface area contributed by atoms with Gasteiger partial charge in [-0.1, -0.05) is 49.0 Å². The van der Waals surface area contributed by atoms with Crippen LogP contribution in [-0.4, -0.2) is 19.1 Å². The van der Waals surface area contributed by atoms with Gasteiger partial charge in [-0.15, -0.1) is 0 Å². The topological polar surface area (TPSA) is 64.7 Å². The predicted octanol–water partition coefficient (Wildman–Crippen LogP) is 8.37. The predicted molar refractivity (Wildman–Crippen MR) is 175 cm³/mol. The molecule has 2 heterocycles. The molecule has 2 saturated carbocycles. The van der Waals surface area contributed by atoms with Crippen LogP contribution < -0.4 is 11.1 Å². The van der Waals surface area contributed by atoms with Gasteiger partial charge in [0.2, 0.25) is 0 Å². The third-order valence-electron chi connectivity index (χ3n) is 12.9. The van der Waals surface area contributed by atoms with Gasteiger partial charge >= 0.3 is 0 Å². The first-order valence-corrected chi connectivity index (χ1v) is 16.1. The molecule has 1 N–H and O–H groups in total. The van der Waals surface area contributed by atoms with Crippen molar-refractivity contribution in [1.29, 1.82) is 0 Å². The molecule has 8 rings (SSSR count). The maximum Gasteiger partial charge on any atom is 0.275 e. The largest absolute Gasteiger partial charge is 0.294 e. The highest BCUT2D eigenvalue weighted by molar-refractivity contribution is 5.48. The first-order valence-electron chi connectivity index (χ1n) is 16.1. The van der Waals surface area contributed by atoms with E-state index in [9.17, 15) is 27.2 Å². The Morgan fingerprint density at radius 3 is 1.79 bits per heavy atom. The number of hydrogen-bond acceptors (Lipinski definition) is 2. The van der Waals surface area contributed by atoms with Crippen molar-refractivity contribution in [3.05, 3.63) is 103 Å². The quantitative estimate of drug-likeness (QED) is 0.226. The van der Waals surface area contributed by atoms with E-state index in [4.69, 9.17) is 0 Å². The zero-order valence-electron chi connectivity index (χ0n) is 27.3. The van der Waals surface area contributed by atoms with Gasteiger partial charge in [-0.25, -0.2) is 26.9 Å². The lowest BCUT2D eigenvalue weighted by molar-refractivity contribution is 0.215. The van der Waals surface area contributed by atoms with Gasteiger partial charge in [-0.05, 0) is 79.5 Å². The molecule has 0 aliphatic heterocycles. The van der Waals surface area contributed by atoms with E-state index in [1.165, 1.54) is 27.6 Å². The molecule has 0 spiro atoms. The van der Waals surface area contributed by atoms with Crippen LogP contribution in [0.4, 0.5) is 17.6 Å². The summed E-state index contributed by atoms with van der Waals surface area (Å²) in [6, 6.07) is 6.64. The van der Waals surface area contributed by atoms with E-state index in [1.807, 2.05) is 11.6 Å². The second-order valence-electron chi connectivity index (χ2n) is 15.1. The second-order valence-corrected chi connectivity index (χ2v) is 15.1. The third-order valence-corrected chi connectivity index (χ3v) is 12.9. The number of halogens is 4. The summed E-state index contributed by atoms with van der Waals surface area (Å²) in [5.41, 5.74) is 3.25. The molecule has 4 aromatic rings. The molecule has 0 radical (unpaired) electrons. The summed E-state index contributed by atoms with van der Waals surface area (Å²) in [5, 5.41) is 3.11. The zero-order valence-corrected chi connectivity index (χ0v) is 27.3. The molecule has 6 nitrogen and oxygen atoms in total. The summed E-state index contributed by atoms with van der Waals surface area (Å²) in [7, 11) is 0. The molecule has 2 aromatic heterocycles. The van der Waals surface area contributed by atoms with Crippen LogP contribution in [0.1, 0.15) is 116 Å². The number of hydrogen-bond donors (Lipinski definition) is 1. The Kier molecular flexibility index (Phi) is 7.28. The molecule has 47 heavy (non-hydrogen) atoms. The van der Waals surface area contributed by atoms with Gasteiger partial charge in [0.15, 0.2) is 11.6 Å². The number of nitrogens with one attached hydrogen (secondary N) is 1. The Morgan fingerprint density at radius 1 is 0.745 bits per heavy atom. The first kappa shape index (κ1) is 33.1. The fourth-order valence-corrected chi connectivity index (χ4v) is 9.56. The number of fused-ring (bicyclic) bond motifs is 10. The molecule has 2 fully saturated rings. The molecule has 0 saturated heterocycles. The van der Waals surface area contributed by atoms with Gasteiger partial charge in [0.1, 0.15) is 23.0 Å². The van der Waals surface area contributed by atoms with E-state index in [0.29, 0.717) is 6.54 Å². The van der Waals surface area contributed by atoms with E-state index in [0.717, 1.165) is 66.4 Å². The summed E-state index contributed by atoms with van der Waals surface area (Å²) in [4.78, 5) is 26.0. The van der Waals surface area contributed by atoms with Crippen molar-refractivity contribution in [2.45, 2.75) is 111 Å². The summed E-state index contributed by atoms with van der Waals surface area (Å²) < 4.78 is 59.2. The second kappa shape index (κ2) is 10.3. The molecule has 4 atom stereocenters. The van der Waals surface area contributed by atoms with Crippen molar-refractivity contribution >= 4 is 0 Å². The summed E-state index contributed by atoms with van der Waals surface area (Å²) in [5.74, 6) is -2.34. The Hall–Kier alpha value is -3.82. The van der Waals surface area contributed by atoms with E-state index in [-0.39, 0.29) is 63.4 Å². The average Bonchev–Trinajstić information content (AvgIpc) is 3.70. The number of aromatic amines is 1. The van der Waals surface area contributed by atoms with Crippen LogP contribution in [0.15, 0.2) is 46.0 Å². The van der Waals surface area contributed by atoms with Crippen molar-refractivity contribution in [2.75, 3.05) is 0 Å². The minimum atomic E-state index is -0.737. The Bertz CT molecular complexity index is 2050. The van der Waals surface area contributed by atoms with Gasteiger partial charge in [-0.2, -0.15) is 0 Å². The Balaban J connectivity index is 0.000000161. The molecule has 4 bridgehead atoms. The minimum Gasteiger partial charge on any atom is -0.294 e. The number of benzene rings is 2. The molecule has 4 aliphatic rings. The van der Waals surface area contributed by atoms with Crippen molar-refractivity contribution < 1.29 is 17.6 Å². The summed E-state index contributed by atoms with van der Waals surface area (Å²) in [6.07, 6.45) is 4.03. The monoisotopic (exact) mass is 652 g/mol. The molecular formula is C37H44F4N4O2. The molecule has 0 unspecified atom stereocenters. The van der Waals surface area contributed by atoms with E-state index in [1.54, 1.807) is 0 Å². The SMILES string of the molecule is C.CC1(C)[C@H]2CC[C@]1(C)c1[nH]n(-c3ccc(F)cc3F)c(=O)c12.CCn1c2c(c(=O)n1-c1ccc(F)cc1F)[C@@H]1CC[C@@]2(C)C1(C)C. The third kappa shape index (κ3) is 4.02. The van der Waals surface area contributed by atoms with Crippen LogP contribution in [-0.2, 0) is 17.4 Å². The van der Waals surface area contributed by atoms with Gasteiger partial charge in [-0.3, -0.25) is 19.4 Å². The fourth-order valence-electron chi connectivity index (χ4n) is 9.56. The lowest BCUT2D eigenvalue weighted by Gasteiger charge is -2.36. The number of nitrogens with zero attached hydrogens (tertiary/aromatic N) is 3. The van der Waals surface area contributed by atoms with E-state index >= 15 is 0 Å². The van der Waals surface area contributed by atoms with Crippen LogP contribution in [0, 0.1) is 34.1 Å². The van der Waals surface area contributed by atoms with Gasteiger partial charge in [0.25, 0.3) is 11.1 Å². The highest BCUT2D eigenvalue weighted by Crippen LogP contribution is 2.67. The standard InChI is InChI=1S/C19H22F2N2O.C17H18F2N2O.CH4/c1-5-22-16-15(12-8-9-19(16,4)18(12,2)3)17(24)23(22)14-7-6-11(20)10-13(14)21;1-16(2)10-6-7-17(16,3)14-13(10)15(22)21(20-14)12-5-4-9(18)8-11(12)19;/h6-7,10,12H,5,8-9H2,1-4H3;4-5,8,10,20H,6-7H2,1-3H3;1H4/t12-,19+;10-,17+;/m00./s1. The van der Waals surface area contributed by atoms with Gasteiger partial charge < -0.3 is 0 Å². The van der Waals surface area contributed by atoms with Crippen molar-refractivity contribution in [1.82, 2.24) is 19.1 Å². The molecule has 252 valence electrons. The van der Waals surface area contributed by atoms with Gasteiger partial charge in [0.05, 0.1) is 5.69 Å². The normalized spacial score (nSPS) is 26.9. The number of rotatable bonds is 3. The molecule has 2 aromatic carbocycles. The van der Waals surface area contributed by atoms with E-state index in [2.05, 4.69) is 46.6 Å². The Morgan fingerprint density at radius 2 is 1.26 bits per heavy atom. The van der Waals surface area contributed by atoms with Crippen molar-refractivity contribution in [3.8, 4) is 11.4 Å². The summed E-state index contributed by atoms with van der Waals surface area (Å²) >= 11 is 0. The molecule has 0 amide bonds. The van der Waals surface area contributed by atoms with Crippen molar-refractivity contribution in [3.63, 3.8) is 0 Å². The first-order chi connectivity index (χ1) is 21.5. The molecule has 10 heteroatoms. The number of H-pyrrole nitrogens is 1. The number of aromatic nitrogens is 4.